The Bertz CT molecular complexity index is 233. The van der Waals surface area contributed by atoms with Crippen molar-refractivity contribution < 1.29 is 0 Å². The summed E-state index contributed by atoms with van der Waals surface area (Å²) in [7, 11) is 0. The maximum absolute atomic E-state index is 3.41. The van der Waals surface area contributed by atoms with Crippen molar-refractivity contribution >= 4 is 21.6 Å². The first-order valence-corrected chi connectivity index (χ1v) is 4.50. The Labute approximate surface area is 75.9 Å². The Morgan fingerprint density at radius 1 is 1.36 bits per heavy atom. The quantitative estimate of drug-likeness (QED) is 0.796. The molecule has 0 radical (unpaired) electrons. The third kappa shape index (κ3) is 2.93. The van der Waals surface area contributed by atoms with Crippen molar-refractivity contribution in [1.82, 2.24) is 0 Å². The molecule has 0 aliphatic heterocycles. The molecular weight excluding hydrogens is 202 g/mol. The molecule has 0 spiro atoms. The standard InChI is InChI=1S/C9H12BrN/c1-7(2)11-9-5-3-4-8(10)6-9/h3-7,11H,1-2H3. The highest BCUT2D eigenvalue weighted by atomic mass is 79.9. The largest absolute Gasteiger partial charge is 0.383 e. The van der Waals surface area contributed by atoms with Gasteiger partial charge >= 0.3 is 0 Å². The van der Waals surface area contributed by atoms with Gasteiger partial charge in [0.1, 0.15) is 0 Å². The SMILES string of the molecule is CC(C)Nc1cccc(Br)c1. The van der Waals surface area contributed by atoms with Gasteiger partial charge in [0.05, 0.1) is 0 Å². The minimum absolute atomic E-state index is 0.490. The number of hydrogen-bond donors (Lipinski definition) is 1. The predicted molar refractivity (Wildman–Crippen MR) is 52.9 cm³/mol. The van der Waals surface area contributed by atoms with Crippen LogP contribution in [0.3, 0.4) is 0 Å². The van der Waals surface area contributed by atoms with Crippen molar-refractivity contribution in [3.8, 4) is 0 Å². The topological polar surface area (TPSA) is 12.0 Å². The molecule has 2 heteroatoms. The summed E-state index contributed by atoms with van der Waals surface area (Å²) < 4.78 is 1.11. The minimum Gasteiger partial charge on any atom is -0.383 e. The van der Waals surface area contributed by atoms with Crippen LogP contribution >= 0.6 is 15.9 Å². The van der Waals surface area contributed by atoms with Crippen LogP contribution in [0.25, 0.3) is 0 Å². The maximum Gasteiger partial charge on any atom is 0.0353 e. The number of rotatable bonds is 2. The third-order valence-electron chi connectivity index (χ3n) is 1.28. The molecule has 0 aromatic heterocycles. The fourth-order valence-corrected chi connectivity index (χ4v) is 1.31. The monoisotopic (exact) mass is 213 g/mol. The zero-order valence-electron chi connectivity index (χ0n) is 6.76. The third-order valence-corrected chi connectivity index (χ3v) is 1.77. The highest BCUT2D eigenvalue weighted by molar-refractivity contribution is 9.10. The number of hydrogen-bond acceptors (Lipinski definition) is 1. The zero-order valence-corrected chi connectivity index (χ0v) is 8.35. The minimum atomic E-state index is 0.490. The van der Waals surface area contributed by atoms with E-state index in [-0.39, 0.29) is 0 Å². The van der Waals surface area contributed by atoms with E-state index >= 15 is 0 Å². The van der Waals surface area contributed by atoms with E-state index in [0.717, 1.165) is 10.2 Å². The number of nitrogens with one attached hydrogen (secondary N) is 1. The molecule has 0 atom stereocenters. The molecule has 11 heavy (non-hydrogen) atoms. The second-order valence-corrected chi connectivity index (χ2v) is 3.73. The van der Waals surface area contributed by atoms with Gasteiger partial charge in [0.25, 0.3) is 0 Å². The van der Waals surface area contributed by atoms with Crippen molar-refractivity contribution in [3.05, 3.63) is 28.7 Å². The average Bonchev–Trinajstić information content (AvgIpc) is 1.85. The van der Waals surface area contributed by atoms with E-state index in [1.807, 2.05) is 12.1 Å². The highest BCUT2D eigenvalue weighted by Gasteiger charge is 1.94. The molecule has 0 amide bonds. The van der Waals surface area contributed by atoms with Gasteiger partial charge in [-0.15, -0.1) is 0 Å². The van der Waals surface area contributed by atoms with E-state index in [4.69, 9.17) is 0 Å². The first-order chi connectivity index (χ1) is 5.18. The first kappa shape index (κ1) is 8.60. The van der Waals surface area contributed by atoms with E-state index in [1.54, 1.807) is 0 Å². The fourth-order valence-electron chi connectivity index (χ4n) is 0.912. The van der Waals surface area contributed by atoms with Gasteiger partial charge in [-0.2, -0.15) is 0 Å². The Morgan fingerprint density at radius 2 is 2.09 bits per heavy atom. The molecule has 0 bridgehead atoms. The number of anilines is 1. The molecule has 1 N–H and O–H groups in total. The zero-order chi connectivity index (χ0) is 8.27. The van der Waals surface area contributed by atoms with Crippen LogP contribution in [0, 0.1) is 0 Å². The summed E-state index contributed by atoms with van der Waals surface area (Å²) in [6, 6.07) is 8.66. The number of benzene rings is 1. The first-order valence-electron chi connectivity index (χ1n) is 3.70. The molecule has 1 aromatic carbocycles. The van der Waals surface area contributed by atoms with Crippen molar-refractivity contribution in [3.63, 3.8) is 0 Å². The van der Waals surface area contributed by atoms with Gasteiger partial charge in [0.15, 0.2) is 0 Å². The Hall–Kier alpha value is -0.500. The van der Waals surface area contributed by atoms with Crippen LogP contribution in [0.1, 0.15) is 13.8 Å². The Balaban J connectivity index is 2.71. The van der Waals surface area contributed by atoms with Crippen LogP contribution in [-0.4, -0.2) is 6.04 Å². The van der Waals surface area contributed by atoms with Crippen LogP contribution < -0.4 is 5.32 Å². The summed E-state index contributed by atoms with van der Waals surface area (Å²) in [5.41, 5.74) is 1.16. The van der Waals surface area contributed by atoms with Gasteiger partial charge < -0.3 is 5.32 Å². The maximum atomic E-state index is 3.41. The average molecular weight is 214 g/mol. The molecule has 0 unspecified atom stereocenters. The molecule has 0 saturated heterocycles. The lowest BCUT2D eigenvalue weighted by molar-refractivity contribution is 0.899. The molecule has 60 valence electrons. The van der Waals surface area contributed by atoms with Crippen LogP contribution in [0.4, 0.5) is 5.69 Å². The van der Waals surface area contributed by atoms with Gasteiger partial charge in [-0.1, -0.05) is 22.0 Å². The molecule has 1 aromatic rings. The lowest BCUT2D eigenvalue weighted by atomic mass is 10.3. The van der Waals surface area contributed by atoms with Crippen LogP contribution in [0.2, 0.25) is 0 Å². The van der Waals surface area contributed by atoms with E-state index in [0.29, 0.717) is 6.04 Å². The molecule has 0 aliphatic carbocycles. The Kier molecular flexibility index (Phi) is 2.94. The van der Waals surface area contributed by atoms with Crippen molar-refractivity contribution in [2.24, 2.45) is 0 Å². The van der Waals surface area contributed by atoms with Crippen LogP contribution in [0.5, 0.6) is 0 Å². The van der Waals surface area contributed by atoms with Crippen molar-refractivity contribution in [2.75, 3.05) is 5.32 Å². The second kappa shape index (κ2) is 3.77. The van der Waals surface area contributed by atoms with E-state index < -0.39 is 0 Å². The van der Waals surface area contributed by atoms with Crippen molar-refractivity contribution in [2.45, 2.75) is 19.9 Å². The fraction of sp³-hybridized carbons (Fsp3) is 0.333. The molecule has 0 saturated carbocycles. The summed E-state index contributed by atoms with van der Waals surface area (Å²) in [6.07, 6.45) is 0. The lowest BCUT2D eigenvalue weighted by Crippen LogP contribution is -2.09. The molecule has 0 fully saturated rings. The van der Waals surface area contributed by atoms with E-state index in [1.165, 1.54) is 0 Å². The molecule has 0 heterocycles. The van der Waals surface area contributed by atoms with Gasteiger partial charge in [-0.3, -0.25) is 0 Å². The van der Waals surface area contributed by atoms with Gasteiger partial charge in [-0.05, 0) is 32.0 Å². The van der Waals surface area contributed by atoms with Crippen molar-refractivity contribution in [1.29, 1.82) is 0 Å². The van der Waals surface area contributed by atoms with E-state index in [9.17, 15) is 0 Å². The normalized spacial score (nSPS) is 10.2. The summed E-state index contributed by atoms with van der Waals surface area (Å²) >= 11 is 3.41. The van der Waals surface area contributed by atoms with E-state index in [2.05, 4.69) is 47.2 Å². The summed E-state index contributed by atoms with van der Waals surface area (Å²) in [5, 5.41) is 3.32. The summed E-state index contributed by atoms with van der Waals surface area (Å²) in [6.45, 7) is 4.25. The smallest absolute Gasteiger partial charge is 0.0353 e. The Morgan fingerprint density at radius 3 is 2.64 bits per heavy atom. The summed E-state index contributed by atoms with van der Waals surface area (Å²) in [5.74, 6) is 0. The number of halogens is 1. The molecular formula is C9H12BrN. The summed E-state index contributed by atoms with van der Waals surface area (Å²) in [4.78, 5) is 0. The van der Waals surface area contributed by atoms with Gasteiger partial charge in [-0.25, -0.2) is 0 Å². The van der Waals surface area contributed by atoms with Crippen LogP contribution in [0.15, 0.2) is 28.7 Å². The second-order valence-electron chi connectivity index (χ2n) is 2.81. The molecule has 0 aliphatic rings. The van der Waals surface area contributed by atoms with Gasteiger partial charge in [0, 0.05) is 16.2 Å². The lowest BCUT2D eigenvalue weighted by Gasteiger charge is -2.09. The molecule has 1 nitrogen and oxygen atoms in total. The van der Waals surface area contributed by atoms with Gasteiger partial charge in [0.2, 0.25) is 0 Å². The highest BCUT2D eigenvalue weighted by Crippen LogP contribution is 2.15. The van der Waals surface area contributed by atoms with Crippen LogP contribution in [-0.2, 0) is 0 Å². The molecule has 1 rings (SSSR count). The predicted octanol–water partition coefficient (Wildman–Crippen LogP) is 3.27.